The Morgan fingerprint density at radius 2 is 2.08 bits per heavy atom. The first kappa shape index (κ1) is 17.1. The van der Waals surface area contributed by atoms with E-state index >= 15 is 0 Å². The van der Waals surface area contributed by atoms with Crippen LogP contribution in [0.3, 0.4) is 0 Å². The molecule has 2 unspecified atom stereocenters. The predicted octanol–water partition coefficient (Wildman–Crippen LogP) is 3.22. The standard InChI is InChI=1S/C18H24N4OS2/c1-13(2)22-7-3-4-18(17(22)23)12-21(11-15-19-5-8-24-15)10-14(18)16-20-6-9-25-16/h5-6,8-9,13-14H,3-4,7,10-12H2,1-2H3. The second-order valence-corrected chi connectivity index (χ2v) is 9.28. The van der Waals surface area contributed by atoms with E-state index in [9.17, 15) is 4.79 Å². The van der Waals surface area contributed by atoms with Gasteiger partial charge in [-0.05, 0) is 26.7 Å². The molecule has 0 radical (unpaired) electrons. The molecule has 1 amide bonds. The number of hydrogen-bond acceptors (Lipinski definition) is 6. The Kier molecular flexibility index (Phi) is 4.64. The van der Waals surface area contributed by atoms with E-state index in [0.717, 1.165) is 49.0 Å². The molecule has 2 aliphatic heterocycles. The summed E-state index contributed by atoms with van der Waals surface area (Å²) in [5.41, 5.74) is -0.322. The quantitative estimate of drug-likeness (QED) is 0.822. The van der Waals surface area contributed by atoms with Crippen molar-refractivity contribution >= 4 is 28.6 Å². The maximum Gasteiger partial charge on any atom is 0.231 e. The van der Waals surface area contributed by atoms with Gasteiger partial charge in [0.15, 0.2) is 0 Å². The Morgan fingerprint density at radius 3 is 2.76 bits per heavy atom. The monoisotopic (exact) mass is 376 g/mol. The number of carbonyl (C=O) groups is 1. The molecule has 4 rings (SSSR count). The van der Waals surface area contributed by atoms with Crippen LogP contribution in [0.25, 0.3) is 0 Å². The van der Waals surface area contributed by atoms with Crippen LogP contribution in [0.2, 0.25) is 0 Å². The van der Waals surface area contributed by atoms with Gasteiger partial charge in [0.2, 0.25) is 5.91 Å². The number of thiazole rings is 2. The van der Waals surface area contributed by atoms with Gasteiger partial charge in [0.1, 0.15) is 5.01 Å². The number of carbonyl (C=O) groups excluding carboxylic acids is 1. The summed E-state index contributed by atoms with van der Waals surface area (Å²) in [5, 5.41) is 6.28. The van der Waals surface area contributed by atoms with Crippen LogP contribution in [0.5, 0.6) is 0 Å². The topological polar surface area (TPSA) is 49.3 Å². The van der Waals surface area contributed by atoms with Crippen LogP contribution in [-0.4, -0.2) is 51.4 Å². The molecule has 1 spiro atoms. The van der Waals surface area contributed by atoms with E-state index in [1.54, 1.807) is 22.7 Å². The summed E-state index contributed by atoms with van der Waals surface area (Å²) in [4.78, 5) is 27.0. The van der Waals surface area contributed by atoms with Crippen LogP contribution >= 0.6 is 22.7 Å². The SMILES string of the molecule is CC(C)N1CCCC2(CN(Cc3nccs3)CC2c2nccs2)C1=O. The highest BCUT2D eigenvalue weighted by atomic mass is 32.1. The molecular weight excluding hydrogens is 352 g/mol. The minimum atomic E-state index is -0.322. The average Bonchev–Trinajstić information content (AvgIpc) is 3.32. The van der Waals surface area contributed by atoms with Gasteiger partial charge >= 0.3 is 0 Å². The number of likely N-dealkylation sites (tertiary alicyclic amines) is 2. The highest BCUT2D eigenvalue weighted by molar-refractivity contribution is 7.09. The maximum absolute atomic E-state index is 13.5. The Morgan fingerprint density at radius 1 is 1.28 bits per heavy atom. The molecule has 0 N–H and O–H groups in total. The van der Waals surface area contributed by atoms with Gasteiger partial charge < -0.3 is 4.90 Å². The molecule has 7 heteroatoms. The van der Waals surface area contributed by atoms with Gasteiger partial charge in [-0.15, -0.1) is 22.7 Å². The van der Waals surface area contributed by atoms with Gasteiger partial charge in [-0.1, -0.05) is 0 Å². The zero-order valence-electron chi connectivity index (χ0n) is 14.7. The van der Waals surface area contributed by atoms with Gasteiger partial charge in [0.25, 0.3) is 0 Å². The summed E-state index contributed by atoms with van der Waals surface area (Å²) in [6.07, 6.45) is 5.77. The fourth-order valence-corrected chi connectivity index (χ4v) is 5.90. The predicted molar refractivity (Wildman–Crippen MR) is 101 cm³/mol. The van der Waals surface area contributed by atoms with Crippen molar-refractivity contribution in [2.45, 2.75) is 45.2 Å². The van der Waals surface area contributed by atoms with E-state index < -0.39 is 0 Å². The zero-order chi connectivity index (χ0) is 17.4. The smallest absolute Gasteiger partial charge is 0.231 e. The molecule has 4 heterocycles. The first-order chi connectivity index (χ1) is 12.1. The first-order valence-corrected chi connectivity index (χ1v) is 10.7. The minimum absolute atomic E-state index is 0.196. The maximum atomic E-state index is 13.5. The van der Waals surface area contributed by atoms with Crippen LogP contribution in [-0.2, 0) is 11.3 Å². The lowest BCUT2D eigenvalue weighted by atomic mass is 9.71. The summed E-state index contributed by atoms with van der Waals surface area (Å²) in [6.45, 7) is 7.67. The van der Waals surface area contributed by atoms with Crippen molar-refractivity contribution in [1.29, 1.82) is 0 Å². The van der Waals surface area contributed by atoms with Crippen molar-refractivity contribution in [2.75, 3.05) is 19.6 Å². The van der Waals surface area contributed by atoms with E-state index in [1.807, 2.05) is 23.2 Å². The first-order valence-electron chi connectivity index (χ1n) is 8.91. The molecule has 2 aromatic rings. The Labute approximate surface area is 156 Å². The summed E-state index contributed by atoms with van der Waals surface area (Å²) >= 11 is 3.38. The van der Waals surface area contributed by atoms with Gasteiger partial charge in [-0.25, -0.2) is 9.97 Å². The number of piperidine rings is 1. The average molecular weight is 377 g/mol. The van der Waals surface area contributed by atoms with Gasteiger partial charge in [-0.3, -0.25) is 9.69 Å². The van der Waals surface area contributed by atoms with E-state index in [0.29, 0.717) is 5.91 Å². The molecule has 2 atom stereocenters. The third kappa shape index (κ3) is 3.02. The van der Waals surface area contributed by atoms with Crippen molar-refractivity contribution in [3.8, 4) is 0 Å². The summed E-state index contributed by atoms with van der Waals surface area (Å²) in [6, 6.07) is 0.259. The van der Waals surface area contributed by atoms with E-state index in [4.69, 9.17) is 0 Å². The van der Waals surface area contributed by atoms with Crippen LogP contribution in [0.15, 0.2) is 23.2 Å². The number of nitrogens with zero attached hydrogens (tertiary/aromatic N) is 4. The van der Waals surface area contributed by atoms with E-state index in [-0.39, 0.29) is 17.4 Å². The molecule has 2 aliphatic rings. The number of aromatic nitrogens is 2. The second kappa shape index (κ2) is 6.78. The molecule has 0 aliphatic carbocycles. The lowest BCUT2D eigenvalue weighted by Crippen LogP contribution is -2.54. The molecule has 25 heavy (non-hydrogen) atoms. The van der Waals surface area contributed by atoms with Gasteiger partial charge in [-0.2, -0.15) is 0 Å². The van der Waals surface area contributed by atoms with E-state index in [1.165, 1.54) is 0 Å². The summed E-state index contributed by atoms with van der Waals surface area (Å²) in [5.74, 6) is 0.525. The molecule has 0 aromatic carbocycles. The van der Waals surface area contributed by atoms with Crippen molar-refractivity contribution in [3.63, 3.8) is 0 Å². The zero-order valence-corrected chi connectivity index (χ0v) is 16.4. The van der Waals surface area contributed by atoms with Crippen molar-refractivity contribution < 1.29 is 4.79 Å². The van der Waals surface area contributed by atoms with Crippen LogP contribution in [0.4, 0.5) is 0 Å². The Balaban J connectivity index is 1.66. The van der Waals surface area contributed by atoms with Crippen LogP contribution < -0.4 is 0 Å². The van der Waals surface area contributed by atoms with Gasteiger partial charge in [0.05, 0.1) is 17.0 Å². The lowest BCUT2D eigenvalue weighted by molar-refractivity contribution is -0.148. The molecule has 2 aromatic heterocycles. The Hall–Kier alpha value is -1.31. The lowest BCUT2D eigenvalue weighted by Gasteiger charge is -2.43. The minimum Gasteiger partial charge on any atom is -0.340 e. The number of rotatable bonds is 4. The molecule has 134 valence electrons. The van der Waals surface area contributed by atoms with Gasteiger partial charge in [0, 0.05) is 54.7 Å². The molecule has 2 saturated heterocycles. The van der Waals surface area contributed by atoms with Crippen molar-refractivity contribution in [1.82, 2.24) is 19.8 Å². The molecular formula is C18H24N4OS2. The second-order valence-electron chi connectivity index (χ2n) is 7.37. The van der Waals surface area contributed by atoms with Crippen molar-refractivity contribution in [3.05, 3.63) is 33.2 Å². The fraction of sp³-hybridized carbons (Fsp3) is 0.611. The molecule has 0 bridgehead atoms. The highest BCUT2D eigenvalue weighted by Gasteiger charge is 2.56. The normalized spacial score (nSPS) is 27.7. The van der Waals surface area contributed by atoms with Crippen LogP contribution in [0, 0.1) is 5.41 Å². The third-order valence-corrected chi connectivity index (χ3v) is 7.19. The molecule has 0 saturated carbocycles. The number of hydrogen-bond donors (Lipinski definition) is 0. The summed E-state index contributed by atoms with van der Waals surface area (Å²) < 4.78 is 0. The van der Waals surface area contributed by atoms with E-state index in [2.05, 4.69) is 33.6 Å². The highest BCUT2D eigenvalue weighted by Crippen LogP contribution is 2.50. The summed E-state index contributed by atoms with van der Waals surface area (Å²) in [7, 11) is 0. The third-order valence-electron chi connectivity index (χ3n) is 5.54. The fourth-order valence-electron chi connectivity index (χ4n) is 4.39. The van der Waals surface area contributed by atoms with Crippen molar-refractivity contribution in [2.24, 2.45) is 5.41 Å². The Bertz CT molecular complexity index is 716. The molecule has 5 nitrogen and oxygen atoms in total. The van der Waals surface area contributed by atoms with Crippen LogP contribution in [0.1, 0.15) is 42.6 Å². The largest absolute Gasteiger partial charge is 0.340 e. The number of amides is 1. The molecule has 2 fully saturated rings.